The zero-order valence-corrected chi connectivity index (χ0v) is 12.9. The Morgan fingerprint density at radius 2 is 2.00 bits per heavy atom. The van der Waals surface area contributed by atoms with Gasteiger partial charge in [-0.05, 0) is 29.3 Å². The first-order valence-corrected chi connectivity index (χ1v) is 8.09. The van der Waals surface area contributed by atoms with Crippen LogP contribution in [0.4, 0.5) is 5.69 Å². The van der Waals surface area contributed by atoms with Crippen LogP contribution in [0.1, 0.15) is 0 Å². The third-order valence-electron chi connectivity index (χ3n) is 3.09. The lowest BCUT2D eigenvalue weighted by atomic mass is 10.2. The van der Waals surface area contributed by atoms with E-state index in [0.717, 1.165) is 0 Å². The molecule has 0 aliphatic carbocycles. The van der Waals surface area contributed by atoms with Crippen LogP contribution in [0.5, 0.6) is 0 Å². The molecular formula is C14H11N4O2S2+. The highest BCUT2D eigenvalue weighted by molar-refractivity contribution is 8.24. The second-order valence-electron chi connectivity index (χ2n) is 4.49. The molecule has 1 fully saturated rings. The molecule has 6 nitrogen and oxygen atoms in total. The fourth-order valence-electron chi connectivity index (χ4n) is 1.99. The van der Waals surface area contributed by atoms with E-state index in [9.17, 15) is 9.59 Å². The molecule has 0 saturated carbocycles. The molecule has 2 aliphatic rings. The maximum atomic E-state index is 12.5. The summed E-state index contributed by atoms with van der Waals surface area (Å²) in [5.74, 6) is -0.836. The number of nitrogens with zero attached hydrogens (tertiary/aromatic N) is 2. The number of carbonyl (C=O) groups excluding carboxylic acids is 2. The van der Waals surface area contributed by atoms with E-state index < -0.39 is 11.8 Å². The Labute approximate surface area is 135 Å². The average molecular weight is 331 g/mol. The number of amides is 2. The molecule has 0 radical (unpaired) electrons. The number of carbonyl (C=O) groups is 2. The molecule has 0 aromatic heterocycles. The van der Waals surface area contributed by atoms with Gasteiger partial charge in [0.25, 0.3) is 11.8 Å². The Hall–Kier alpha value is -2.21. The van der Waals surface area contributed by atoms with Crippen molar-refractivity contribution in [1.29, 1.82) is 5.26 Å². The van der Waals surface area contributed by atoms with E-state index in [0.29, 0.717) is 15.5 Å². The van der Waals surface area contributed by atoms with Crippen molar-refractivity contribution in [3.05, 3.63) is 51.1 Å². The zero-order valence-electron chi connectivity index (χ0n) is 11.3. The molecule has 1 aromatic carbocycles. The van der Waals surface area contributed by atoms with Gasteiger partial charge in [-0.25, -0.2) is 5.01 Å². The summed E-state index contributed by atoms with van der Waals surface area (Å²) < 4.78 is 0.569. The van der Waals surface area contributed by atoms with Gasteiger partial charge in [0.2, 0.25) is 0 Å². The van der Waals surface area contributed by atoms with Gasteiger partial charge in [0, 0.05) is 0 Å². The summed E-state index contributed by atoms with van der Waals surface area (Å²) in [5.41, 5.74) is 7.66. The number of nitriles is 1. The van der Waals surface area contributed by atoms with Crippen molar-refractivity contribution in [2.24, 2.45) is 0 Å². The summed E-state index contributed by atoms with van der Waals surface area (Å²) in [7, 11) is 0. The Kier molecular flexibility index (Phi) is 3.94. The summed E-state index contributed by atoms with van der Waals surface area (Å²) in [6.07, 6.45) is 0. The summed E-state index contributed by atoms with van der Waals surface area (Å²) in [6, 6.07) is 11.0. The van der Waals surface area contributed by atoms with Crippen LogP contribution >= 0.6 is 23.5 Å². The number of para-hydroxylation sites is 1. The van der Waals surface area contributed by atoms with E-state index in [-0.39, 0.29) is 10.9 Å². The zero-order chi connectivity index (χ0) is 15.7. The first kappa shape index (κ1) is 14.7. The SMILES string of the molecule is N#CC1=CS/C(=C2\C(=O)NN(c3ccccc3)C2=O)S[C@@H]1[NH3+]. The number of hydrogen-bond acceptors (Lipinski definition) is 5. The van der Waals surface area contributed by atoms with Crippen molar-refractivity contribution in [1.82, 2.24) is 5.43 Å². The lowest BCUT2D eigenvalue weighted by Gasteiger charge is -2.16. The van der Waals surface area contributed by atoms with Gasteiger partial charge in [-0.15, -0.1) is 0 Å². The number of nitrogens with one attached hydrogen (secondary N) is 1. The minimum Gasteiger partial charge on any atom is -0.342 e. The van der Waals surface area contributed by atoms with Crippen LogP contribution in [0.15, 0.2) is 51.1 Å². The minimum absolute atomic E-state index is 0.0979. The molecule has 1 aromatic rings. The third-order valence-corrected chi connectivity index (χ3v) is 5.42. The molecule has 2 heterocycles. The number of benzene rings is 1. The predicted molar refractivity (Wildman–Crippen MR) is 84.7 cm³/mol. The Morgan fingerprint density at radius 1 is 1.27 bits per heavy atom. The maximum absolute atomic E-state index is 12.5. The van der Waals surface area contributed by atoms with E-state index in [1.165, 1.54) is 28.5 Å². The lowest BCUT2D eigenvalue weighted by Crippen LogP contribution is -2.60. The van der Waals surface area contributed by atoms with Crippen LogP contribution in [0.2, 0.25) is 0 Å². The molecule has 0 unspecified atom stereocenters. The number of rotatable bonds is 1. The Bertz CT molecular complexity index is 752. The van der Waals surface area contributed by atoms with E-state index in [1.54, 1.807) is 29.7 Å². The van der Waals surface area contributed by atoms with Crippen LogP contribution in [-0.2, 0) is 9.59 Å². The van der Waals surface area contributed by atoms with Gasteiger partial charge in [-0.3, -0.25) is 15.0 Å². The summed E-state index contributed by atoms with van der Waals surface area (Å²) in [4.78, 5) is 24.7. The van der Waals surface area contributed by atoms with E-state index in [4.69, 9.17) is 5.26 Å². The lowest BCUT2D eigenvalue weighted by molar-refractivity contribution is -0.372. The first-order valence-electron chi connectivity index (χ1n) is 6.33. The predicted octanol–water partition coefficient (Wildman–Crippen LogP) is 0.731. The molecule has 0 bridgehead atoms. The van der Waals surface area contributed by atoms with Gasteiger partial charge in [0.1, 0.15) is 17.2 Å². The molecule has 0 spiro atoms. The van der Waals surface area contributed by atoms with Gasteiger partial charge >= 0.3 is 0 Å². The fourth-order valence-corrected chi connectivity index (χ4v) is 4.34. The number of thioether (sulfide) groups is 2. The van der Waals surface area contributed by atoms with E-state index in [1.807, 2.05) is 6.07 Å². The maximum Gasteiger partial charge on any atom is 0.284 e. The topological polar surface area (TPSA) is 101 Å². The van der Waals surface area contributed by atoms with E-state index in [2.05, 4.69) is 17.2 Å². The van der Waals surface area contributed by atoms with Crippen LogP contribution in [0.3, 0.4) is 0 Å². The van der Waals surface area contributed by atoms with Crippen molar-refractivity contribution in [2.75, 3.05) is 5.01 Å². The number of hydrazine groups is 1. The van der Waals surface area contributed by atoms with Gasteiger partial charge in [-0.1, -0.05) is 30.0 Å². The Morgan fingerprint density at radius 3 is 2.64 bits per heavy atom. The smallest absolute Gasteiger partial charge is 0.284 e. The number of hydrogen-bond donors (Lipinski definition) is 2. The average Bonchev–Trinajstić information content (AvgIpc) is 2.83. The summed E-state index contributed by atoms with van der Waals surface area (Å²) in [5, 5.41) is 11.5. The molecule has 22 heavy (non-hydrogen) atoms. The minimum atomic E-state index is -0.440. The van der Waals surface area contributed by atoms with Gasteiger partial charge in [0.15, 0.2) is 5.37 Å². The van der Waals surface area contributed by atoms with E-state index >= 15 is 0 Å². The molecule has 8 heteroatoms. The van der Waals surface area contributed by atoms with Crippen LogP contribution in [0.25, 0.3) is 0 Å². The van der Waals surface area contributed by atoms with Gasteiger partial charge < -0.3 is 5.73 Å². The largest absolute Gasteiger partial charge is 0.342 e. The van der Waals surface area contributed by atoms with Crippen LogP contribution in [-0.4, -0.2) is 17.2 Å². The molecule has 3 rings (SSSR count). The van der Waals surface area contributed by atoms with Crippen molar-refractivity contribution >= 4 is 41.0 Å². The second-order valence-corrected chi connectivity index (χ2v) is 6.84. The van der Waals surface area contributed by atoms with Crippen LogP contribution < -0.4 is 16.2 Å². The molecule has 110 valence electrons. The molecular weight excluding hydrogens is 320 g/mol. The van der Waals surface area contributed by atoms with Gasteiger partial charge in [-0.2, -0.15) is 5.26 Å². The van der Waals surface area contributed by atoms with Crippen molar-refractivity contribution < 1.29 is 15.3 Å². The number of anilines is 1. The highest BCUT2D eigenvalue weighted by atomic mass is 32.2. The monoisotopic (exact) mass is 331 g/mol. The summed E-state index contributed by atoms with van der Waals surface area (Å²) in [6.45, 7) is 0. The fraction of sp³-hybridized carbons (Fsp3) is 0.0714. The second kappa shape index (κ2) is 5.88. The summed E-state index contributed by atoms with van der Waals surface area (Å²) >= 11 is 2.46. The normalized spacial score (nSPS) is 24.8. The molecule has 2 aliphatic heterocycles. The van der Waals surface area contributed by atoms with Crippen molar-refractivity contribution in [2.45, 2.75) is 5.37 Å². The van der Waals surface area contributed by atoms with Crippen molar-refractivity contribution in [3.63, 3.8) is 0 Å². The first-order chi connectivity index (χ1) is 10.6. The van der Waals surface area contributed by atoms with Crippen molar-refractivity contribution in [3.8, 4) is 6.07 Å². The molecule has 2 amide bonds. The Balaban J connectivity index is 1.95. The highest BCUT2D eigenvalue weighted by Gasteiger charge is 2.39. The highest BCUT2D eigenvalue weighted by Crippen LogP contribution is 2.42. The molecule has 1 atom stereocenters. The molecule has 4 N–H and O–H groups in total. The standard InChI is InChI=1S/C14H10N4O2S2/c15-6-8-7-21-14(22-11(8)16)10-12(19)17-18(13(10)20)9-4-2-1-3-5-9/h1-5,7,11H,16H2,(H,17,19)/p+1/b14-10-/t11-/m0/s1. The third kappa shape index (κ3) is 2.50. The van der Waals surface area contributed by atoms with Gasteiger partial charge in [0.05, 0.1) is 9.92 Å². The molecule has 1 saturated heterocycles. The quantitative estimate of drug-likeness (QED) is 0.584. The number of quaternary nitrogens is 1. The van der Waals surface area contributed by atoms with Crippen LogP contribution in [0, 0.1) is 11.3 Å².